The van der Waals surface area contributed by atoms with Crippen molar-refractivity contribution in [2.24, 2.45) is 0 Å². The molecule has 17 heavy (non-hydrogen) atoms. The molecule has 94 valence electrons. The molecule has 0 spiro atoms. The zero-order chi connectivity index (χ0) is 11.5. The van der Waals surface area contributed by atoms with Crippen LogP contribution < -0.4 is 5.32 Å². The Bertz CT molecular complexity index is 348. The van der Waals surface area contributed by atoms with Gasteiger partial charge in [-0.05, 0) is 12.8 Å². The van der Waals surface area contributed by atoms with E-state index in [0.29, 0.717) is 0 Å². The lowest BCUT2D eigenvalue weighted by Gasteiger charge is -2.26. The largest absolute Gasteiger partial charge is 0.345 e. The van der Waals surface area contributed by atoms with E-state index in [1.54, 1.807) is 0 Å². The van der Waals surface area contributed by atoms with Gasteiger partial charge in [-0.2, -0.15) is 0 Å². The third-order valence-electron chi connectivity index (χ3n) is 4.03. The average molecular weight is 234 g/mol. The fourth-order valence-corrected chi connectivity index (χ4v) is 2.98. The fourth-order valence-electron chi connectivity index (χ4n) is 2.98. The molecular formula is C13H22N4. The number of imidazole rings is 1. The maximum Gasteiger partial charge on any atom is 0.120 e. The fraction of sp³-hybridized carbons (Fsp3) is 0.769. The highest BCUT2D eigenvalue weighted by Crippen LogP contribution is 2.32. The molecule has 1 aromatic rings. The van der Waals surface area contributed by atoms with Crippen molar-refractivity contribution in [2.75, 3.05) is 26.2 Å². The summed E-state index contributed by atoms with van der Waals surface area (Å²) in [6.07, 6.45) is 7.52. The summed E-state index contributed by atoms with van der Waals surface area (Å²) in [4.78, 5) is 10.5. The van der Waals surface area contributed by atoms with Gasteiger partial charge in [0.15, 0.2) is 0 Å². The number of nitrogens with one attached hydrogen (secondary N) is 2. The second-order valence-electron chi connectivity index (χ2n) is 5.29. The molecule has 4 heteroatoms. The van der Waals surface area contributed by atoms with E-state index in [1.165, 1.54) is 31.4 Å². The molecule has 1 aliphatic heterocycles. The van der Waals surface area contributed by atoms with Crippen molar-refractivity contribution in [3.05, 3.63) is 17.7 Å². The quantitative estimate of drug-likeness (QED) is 0.832. The number of H-pyrrole nitrogens is 1. The van der Waals surface area contributed by atoms with Gasteiger partial charge in [-0.25, -0.2) is 4.98 Å². The van der Waals surface area contributed by atoms with Crippen molar-refractivity contribution < 1.29 is 0 Å². The molecule has 2 N–H and O–H groups in total. The Kier molecular flexibility index (Phi) is 3.43. The van der Waals surface area contributed by atoms with Gasteiger partial charge in [-0.1, -0.05) is 12.8 Å². The molecule has 0 aromatic carbocycles. The van der Waals surface area contributed by atoms with E-state index in [2.05, 4.69) is 26.4 Å². The SMILES string of the molecule is c1nc(CN2CCNCC2)[nH]c1C1CCCC1. The number of aromatic amines is 1. The Morgan fingerprint density at radius 3 is 2.76 bits per heavy atom. The maximum atomic E-state index is 4.54. The molecule has 1 aromatic heterocycles. The second kappa shape index (κ2) is 5.19. The van der Waals surface area contributed by atoms with Crippen molar-refractivity contribution in [3.8, 4) is 0 Å². The first-order chi connectivity index (χ1) is 8.42. The summed E-state index contributed by atoms with van der Waals surface area (Å²) < 4.78 is 0. The van der Waals surface area contributed by atoms with E-state index >= 15 is 0 Å². The van der Waals surface area contributed by atoms with E-state index in [4.69, 9.17) is 0 Å². The number of nitrogens with zero attached hydrogens (tertiary/aromatic N) is 2. The van der Waals surface area contributed by atoms with E-state index in [0.717, 1.165) is 44.5 Å². The van der Waals surface area contributed by atoms with Crippen LogP contribution in [0.2, 0.25) is 0 Å². The van der Waals surface area contributed by atoms with Crippen molar-refractivity contribution in [1.29, 1.82) is 0 Å². The van der Waals surface area contributed by atoms with Gasteiger partial charge in [0.1, 0.15) is 5.82 Å². The van der Waals surface area contributed by atoms with Gasteiger partial charge in [-0.3, -0.25) is 4.90 Å². The van der Waals surface area contributed by atoms with Gasteiger partial charge >= 0.3 is 0 Å². The lowest BCUT2D eigenvalue weighted by atomic mass is 10.1. The molecule has 1 aliphatic carbocycles. The van der Waals surface area contributed by atoms with Gasteiger partial charge in [0.2, 0.25) is 0 Å². The molecule has 0 atom stereocenters. The van der Waals surface area contributed by atoms with Crippen molar-refractivity contribution in [2.45, 2.75) is 38.1 Å². The molecule has 2 fully saturated rings. The molecule has 0 radical (unpaired) electrons. The predicted molar refractivity (Wildman–Crippen MR) is 67.9 cm³/mol. The lowest BCUT2D eigenvalue weighted by Crippen LogP contribution is -2.43. The Morgan fingerprint density at radius 1 is 1.24 bits per heavy atom. The molecule has 1 saturated carbocycles. The maximum absolute atomic E-state index is 4.54. The molecule has 4 nitrogen and oxygen atoms in total. The van der Waals surface area contributed by atoms with Crippen LogP contribution in [0.15, 0.2) is 6.20 Å². The molecule has 3 rings (SSSR count). The summed E-state index contributed by atoms with van der Waals surface area (Å²) in [5.74, 6) is 1.90. The van der Waals surface area contributed by atoms with Gasteiger partial charge in [0.05, 0.1) is 6.54 Å². The van der Waals surface area contributed by atoms with E-state index in [1.807, 2.05) is 0 Å². The highest BCUT2D eigenvalue weighted by molar-refractivity contribution is 5.09. The van der Waals surface area contributed by atoms with Crippen LogP contribution in [0.4, 0.5) is 0 Å². The third-order valence-corrected chi connectivity index (χ3v) is 4.03. The molecule has 2 heterocycles. The van der Waals surface area contributed by atoms with Gasteiger partial charge in [0, 0.05) is 44.0 Å². The normalized spacial score (nSPS) is 23.3. The standard InChI is InChI=1S/C13H22N4/c1-2-4-11(3-1)12-9-15-13(16-12)10-17-7-5-14-6-8-17/h9,11,14H,1-8,10H2,(H,15,16). The van der Waals surface area contributed by atoms with Crippen molar-refractivity contribution in [1.82, 2.24) is 20.2 Å². The first-order valence-electron chi connectivity index (χ1n) is 6.88. The Labute approximate surface area is 103 Å². The smallest absolute Gasteiger partial charge is 0.120 e. The van der Waals surface area contributed by atoms with Crippen LogP contribution in [0.25, 0.3) is 0 Å². The minimum absolute atomic E-state index is 0.749. The summed E-state index contributed by atoms with van der Waals surface area (Å²) >= 11 is 0. The Hall–Kier alpha value is -0.870. The summed E-state index contributed by atoms with van der Waals surface area (Å²) in [5, 5.41) is 3.38. The van der Waals surface area contributed by atoms with Gasteiger partial charge in [-0.15, -0.1) is 0 Å². The first kappa shape index (κ1) is 11.2. The van der Waals surface area contributed by atoms with Gasteiger partial charge < -0.3 is 10.3 Å². The molecule has 1 saturated heterocycles. The average Bonchev–Trinajstić information content (AvgIpc) is 3.00. The van der Waals surface area contributed by atoms with Crippen LogP contribution in [-0.4, -0.2) is 41.0 Å². The molecule has 0 amide bonds. The zero-order valence-corrected chi connectivity index (χ0v) is 10.4. The molecule has 2 aliphatic rings. The number of aromatic nitrogens is 2. The van der Waals surface area contributed by atoms with Crippen LogP contribution in [-0.2, 0) is 6.54 Å². The Morgan fingerprint density at radius 2 is 2.00 bits per heavy atom. The lowest BCUT2D eigenvalue weighted by molar-refractivity contribution is 0.228. The van der Waals surface area contributed by atoms with E-state index in [9.17, 15) is 0 Å². The summed E-state index contributed by atoms with van der Waals surface area (Å²) in [5.41, 5.74) is 1.37. The summed E-state index contributed by atoms with van der Waals surface area (Å²) in [7, 11) is 0. The second-order valence-corrected chi connectivity index (χ2v) is 5.29. The van der Waals surface area contributed by atoms with Crippen molar-refractivity contribution >= 4 is 0 Å². The number of piperazine rings is 1. The van der Waals surface area contributed by atoms with Crippen LogP contribution in [0.5, 0.6) is 0 Å². The predicted octanol–water partition coefficient (Wildman–Crippen LogP) is 1.47. The highest BCUT2D eigenvalue weighted by Gasteiger charge is 2.19. The van der Waals surface area contributed by atoms with Crippen LogP contribution in [0.3, 0.4) is 0 Å². The number of hydrogen-bond donors (Lipinski definition) is 2. The highest BCUT2D eigenvalue weighted by atomic mass is 15.2. The minimum Gasteiger partial charge on any atom is -0.345 e. The minimum atomic E-state index is 0.749. The summed E-state index contributed by atoms with van der Waals surface area (Å²) in [6.45, 7) is 5.47. The molecular weight excluding hydrogens is 212 g/mol. The van der Waals surface area contributed by atoms with E-state index < -0.39 is 0 Å². The van der Waals surface area contributed by atoms with Crippen LogP contribution >= 0.6 is 0 Å². The third kappa shape index (κ3) is 2.69. The van der Waals surface area contributed by atoms with Crippen molar-refractivity contribution in [3.63, 3.8) is 0 Å². The van der Waals surface area contributed by atoms with E-state index in [-0.39, 0.29) is 0 Å². The van der Waals surface area contributed by atoms with Crippen LogP contribution in [0.1, 0.15) is 43.1 Å². The zero-order valence-electron chi connectivity index (χ0n) is 10.4. The summed E-state index contributed by atoms with van der Waals surface area (Å²) in [6, 6.07) is 0. The van der Waals surface area contributed by atoms with Crippen LogP contribution in [0, 0.1) is 0 Å². The molecule has 0 unspecified atom stereocenters. The monoisotopic (exact) mass is 234 g/mol. The number of hydrogen-bond acceptors (Lipinski definition) is 3. The number of rotatable bonds is 3. The Balaban J connectivity index is 1.59. The molecule has 0 bridgehead atoms. The first-order valence-corrected chi connectivity index (χ1v) is 6.88. The topological polar surface area (TPSA) is 44.0 Å². The van der Waals surface area contributed by atoms with Gasteiger partial charge in [0.25, 0.3) is 0 Å².